The third kappa shape index (κ3) is 2.70. The Morgan fingerprint density at radius 3 is 2.94 bits per heavy atom. The second-order valence-electron chi connectivity index (χ2n) is 5.09. The van der Waals surface area contributed by atoms with Crippen LogP contribution in [0.25, 0.3) is 0 Å². The smallest absolute Gasteiger partial charge is 0.163 e. The van der Waals surface area contributed by atoms with Gasteiger partial charge in [0.25, 0.3) is 0 Å². The summed E-state index contributed by atoms with van der Waals surface area (Å²) in [5, 5.41) is 0. The average Bonchev–Trinajstić information content (AvgIpc) is 2.50. The molecule has 2 heterocycles. The van der Waals surface area contributed by atoms with Crippen LogP contribution in [-0.2, 0) is 0 Å². The molecule has 1 atom stereocenters. The lowest BCUT2D eigenvalue weighted by atomic mass is 10.1. The number of ketones is 1. The van der Waals surface area contributed by atoms with E-state index in [4.69, 9.17) is 0 Å². The summed E-state index contributed by atoms with van der Waals surface area (Å²) in [4.78, 5) is 20.7. The van der Waals surface area contributed by atoms with Crippen LogP contribution in [0.1, 0.15) is 30.6 Å². The normalized spacial score (nSPS) is 21.7. The Bertz CT molecular complexity index is 433. The van der Waals surface area contributed by atoms with Crippen LogP contribution >= 0.6 is 0 Å². The molecule has 1 unspecified atom stereocenters. The first-order chi connectivity index (χ1) is 8.59. The van der Waals surface area contributed by atoms with Crippen LogP contribution in [0.5, 0.6) is 0 Å². The standard InChI is InChI=1S/C14H21N3O/c1-11-10-16(3)8-5-9-17(11)14-13(12(2)18)6-4-7-15-14/h4,6-7,11H,5,8-10H2,1-3H3. The van der Waals surface area contributed by atoms with E-state index in [9.17, 15) is 4.79 Å². The molecule has 1 aliphatic heterocycles. The fraction of sp³-hybridized carbons (Fsp3) is 0.571. The topological polar surface area (TPSA) is 36.4 Å². The molecular formula is C14H21N3O. The van der Waals surface area contributed by atoms with Gasteiger partial charge in [0.2, 0.25) is 0 Å². The van der Waals surface area contributed by atoms with E-state index in [1.807, 2.05) is 12.1 Å². The number of likely N-dealkylation sites (N-methyl/N-ethyl adjacent to an activating group) is 1. The molecule has 18 heavy (non-hydrogen) atoms. The number of Topliss-reactive ketones (excluding diaryl/α,β-unsaturated/α-hetero) is 1. The van der Waals surface area contributed by atoms with E-state index in [2.05, 4.69) is 28.8 Å². The minimum absolute atomic E-state index is 0.0860. The molecule has 4 nitrogen and oxygen atoms in total. The molecule has 0 aliphatic carbocycles. The number of nitrogens with zero attached hydrogens (tertiary/aromatic N) is 3. The van der Waals surface area contributed by atoms with Crippen molar-refractivity contribution in [2.24, 2.45) is 0 Å². The second kappa shape index (κ2) is 5.48. The maximum atomic E-state index is 11.7. The second-order valence-corrected chi connectivity index (χ2v) is 5.09. The molecule has 1 aliphatic rings. The fourth-order valence-electron chi connectivity index (χ4n) is 2.59. The molecule has 2 rings (SSSR count). The lowest BCUT2D eigenvalue weighted by molar-refractivity contribution is 0.101. The summed E-state index contributed by atoms with van der Waals surface area (Å²) in [5.41, 5.74) is 0.730. The third-order valence-corrected chi connectivity index (χ3v) is 3.48. The molecule has 0 bridgehead atoms. The Hall–Kier alpha value is -1.42. The maximum Gasteiger partial charge on any atom is 0.163 e. The van der Waals surface area contributed by atoms with Gasteiger partial charge in [0, 0.05) is 25.3 Å². The summed E-state index contributed by atoms with van der Waals surface area (Å²) < 4.78 is 0. The molecule has 1 fully saturated rings. The molecule has 0 N–H and O–H groups in total. The van der Waals surface area contributed by atoms with Crippen molar-refractivity contribution >= 4 is 11.6 Å². The quantitative estimate of drug-likeness (QED) is 0.747. The third-order valence-electron chi connectivity index (χ3n) is 3.48. The van der Waals surface area contributed by atoms with Crippen molar-refractivity contribution in [1.29, 1.82) is 0 Å². The van der Waals surface area contributed by atoms with Gasteiger partial charge in [0.1, 0.15) is 5.82 Å². The number of rotatable bonds is 2. The highest BCUT2D eigenvalue weighted by Crippen LogP contribution is 2.22. The van der Waals surface area contributed by atoms with Crippen LogP contribution in [0.3, 0.4) is 0 Å². The summed E-state index contributed by atoms with van der Waals surface area (Å²) in [6.07, 6.45) is 2.87. The van der Waals surface area contributed by atoms with Gasteiger partial charge in [-0.05, 0) is 46.0 Å². The highest BCUT2D eigenvalue weighted by Gasteiger charge is 2.23. The fourth-order valence-corrected chi connectivity index (χ4v) is 2.59. The van der Waals surface area contributed by atoms with Crippen molar-refractivity contribution in [2.75, 3.05) is 31.6 Å². The number of anilines is 1. The van der Waals surface area contributed by atoms with Crippen LogP contribution < -0.4 is 4.90 Å². The average molecular weight is 247 g/mol. The molecule has 0 amide bonds. The van der Waals surface area contributed by atoms with Gasteiger partial charge >= 0.3 is 0 Å². The molecule has 1 saturated heterocycles. The van der Waals surface area contributed by atoms with E-state index < -0.39 is 0 Å². The largest absolute Gasteiger partial charge is 0.352 e. The van der Waals surface area contributed by atoms with Crippen LogP contribution in [-0.4, -0.2) is 48.4 Å². The molecule has 98 valence electrons. The molecule has 0 aromatic carbocycles. The van der Waals surface area contributed by atoms with Gasteiger partial charge in [0.15, 0.2) is 5.78 Å². The molecule has 0 radical (unpaired) electrons. The van der Waals surface area contributed by atoms with Gasteiger partial charge in [-0.1, -0.05) is 0 Å². The van der Waals surface area contributed by atoms with Crippen molar-refractivity contribution in [2.45, 2.75) is 26.3 Å². The van der Waals surface area contributed by atoms with Crippen LogP contribution in [0, 0.1) is 0 Å². The highest BCUT2D eigenvalue weighted by atomic mass is 16.1. The molecule has 1 aromatic heterocycles. The SMILES string of the molecule is CC(=O)c1cccnc1N1CCCN(C)CC1C. The molecule has 0 spiro atoms. The molecular weight excluding hydrogens is 226 g/mol. The predicted molar refractivity (Wildman–Crippen MR) is 73.2 cm³/mol. The summed E-state index contributed by atoms with van der Waals surface area (Å²) in [7, 11) is 2.14. The number of hydrogen-bond acceptors (Lipinski definition) is 4. The number of carbonyl (C=O) groups excluding carboxylic acids is 1. The Labute approximate surface area is 109 Å². The minimum Gasteiger partial charge on any atom is -0.352 e. The number of hydrogen-bond donors (Lipinski definition) is 0. The van der Waals surface area contributed by atoms with E-state index in [0.717, 1.165) is 37.4 Å². The summed E-state index contributed by atoms with van der Waals surface area (Å²) in [6.45, 7) is 6.87. The first kappa shape index (κ1) is 13.0. The number of aromatic nitrogens is 1. The summed E-state index contributed by atoms with van der Waals surface area (Å²) >= 11 is 0. The van der Waals surface area contributed by atoms with E-state index in [0.29, 0.717) is 6.04 Å². The summed E-state index contributed by atoms with van der Waals surface area (Å²) in [5.74, 6) is 0.927. The predicted octanol–water partition coefficient (Wildman–Crippen LogP) is 1.81. The van der Waals surface area contributed by atoms with Crippen LogP contribution in [0.2, 0.25) is 0 Å². The van der Waals surface area contributed by atoms with Gasteiger partial charge in [-0.25, -0.2) is 4.98 Å². The number of pyridine rings is 1. The molecule has 4 heteroatoms. The van der Waals surface area contributed by atoms with E-state index in [-0.39, 0.29) is 5.78 Å². The van der Waals surface area contributed by atoms with Crippen molar-refractivity contribution in [3.05, 3.63) is 23.9 Å². The van der Waals surface area contributed by atoms with Gasteiger partial charge in [-0.15, -0.1) is 0 Å². The zero-order chi connectivity index (χ0) is 13.1. The van der Waals surface area contributed by atoms with Crippen LogP contribution in [0.4, 0.5) is 5.82 Å². The lowest BCUT2D eigenvalue weighted by Crippen LogP contribution is -2.39. The molecule has 0 saturated carbocycles. The van der Waals surface area contributed by atoms with Crippen molar-refractivity contribution in [3.8, 4) is 0 Å². The van der Waals surface area contributed by atoms with E-state index in [1.165, 1.54) is 0 Å². The first-order valence-corrected chi connectivity index (χ1v) is 6.50. The van der Waals surface area contributed by atoms with E-state index in [1.54, 1.807) is 13.1 Å². The summed E-state index contributed by atoms with van der Waals surface area (Å²) in [6, 6.07) is 4.08. The van der Waals surface area contributed by atoms with Crippen molar-refractivity contribution < 1.29 is 4.79 Å². The maximum absolute atomic E-state index is 11.7. The van der Waals surface area contributed by atoms with E-state index >= 15 is 0 Å². The van der Waals surface area contributed by atoms with Gasteiger partial charge in [0.05, 0.1) is 5.56 Å². The van der Waals surface area contributed by atoms with Crippen molar-refractivity contribution in [1.82, 2.24) is 9.88 Å². The lowest BCUT2D eigenvalue weighted by Gasteiger charge is -2.30. The Morgan fingerprint density at radius 2 is 2.22 bits per heavy atom. The Balaban J connectivity index is 2.32. The minimum atomic E-state index is 0.0860. The van der Waals surface area contributed by atoms with Crippen molar-refractivity contribution in [3.63, 3.8) is 0 Å². The Morgan fingerprint density at radius 1 is 1.44 bits per heavy atom. The van der Waals surface area contributed by atoms with Gasteiger partial charge < -0.3 is 9.80 Å². The van der Waals surface area contributed by atoms with Gasteiger partial charge in [-0.3, -0.25) is 4.79 Å². The zero-order valence-corrected chi connectivity index (χ0v) is 11.4. The first-order valence-electron chi connectivity index (χ1n) is 6.50. The molecule has 1 aromatic rings. The zero-order valence-electron chi connectivity index (χ0n) is 11.4. The highest BCUT2D eigenvalue weighted by molar-refractivity contribution is 5.98. The monoisotopic (exact) mass is 247 g/mol. The number of carbonyl (C=O) groups is 1. The Kier molecular flexibility index (Phi) is 3.97. The van der Waals surface area contributed by atoms with Crippen LogP contribution in [0.15, 0.2) is 18.3 Å². The van der Waals surface area contributed by atoms with Gasteiger partial charge in [-0.2, -0.15) is 0 Å².